The van der Waals surface area contributed by atoms with Crippen molar-refractivity contribution in [1.29, 1.82) is 5.26 Å². The van der Waals surface area contributed by atoms with Crippen LogP contribution in [0.2, 0.25) is 0 Å². The van der Waals surface area contributed by atoms with Gasteiger partial charge in [0.2, 0.25) is 0 Å². The summed E-state index contributed by atoms with van der Waals surface area (Å²) in [5, 5.41) is 8.98. The van der Waals surface area contributed by atoms with E-state index in [0.29, 0.717) is 17.9 Å². The van der Waals surface area contributed by atoms with Crippen molar-refractivity contribution < 1.29 is 4.74 Å². The number of likely N-dealkylation sites (tertiary alicyclic amines) is 1. The van der Waals surface area contributed by atoms with Crippen molar-refractivity contribution >= 4 is 0 Å². The number of nitrogens with zero attached hydrogens (tertiary/aromatic N) is 2. The molecule has 0 unspecified atom stereocenters. The van der Waals surface area contributed by atoms with Crippen LogP contribution < -0.4 is 4.74 Å². The molecule has 3 nitrogen and oxygen atoms in total. The van der Waals surface area contributed by atoms with Crippen LogP contribution in [0.5, 0.6) is 5.75 Å². The van der Waals surface area contributed by atoms with E-state index in [2.05, 4.69) is 17.9 Å². The van der Waals surface area contributed by atoms with Gasteiger partial charge in [-0.1, -0.05) is 25.5 Å². The standard InChI is InChI=1S/C16H22N2O/c1-2-14-7-9-18(10-8-14)11-12-19-16-6-4-3-5-15(16)13-17/h3-6,14H,2,7-12H2,1H3. The van der Waals surface area contributed by atoms with Crippen molar-refractivity contribution in [1.82, 2.24) is 4.90 Å². The molecule has 19 heavy (non-hydrogen) atoms. The van der Waals surface area contributed by atoms with E-state index in [4.69, 9.17) is 10.00 Å². The number of nitriles is 1. The van der Waals surface area contributed by atoms with Crippen LogP contribution in [0.3, 0.4) is 0 Å². The molecule has 1 fully saturated rings. The molecule has 1 aliphatic heterocycles. The lowest BCUT2D eigenvalue weighted by Gasteiger charge is -2.31. The Morgan fingerprint density at radius 2 is 2.05 bits per heavy atom. The van der Waals surface area contributed by atoms with Gasteiger partial charge in [-0.25, -0.2) is 0 Å². The Morgan fingerprint density at radius 3 is 2.74 bits per heavy atom. The van der Waals surface area contributed by atoms with Gasteiger partial charge in [0, 0.05) is 6.54 Å². The third kappa shape index (κ3) is 3.97. The van der Waals surface area contributed by atoms with Crippen LogP contribution in [0.1, 0.15) is 31.7 Å². The Hall–Kier alpha value is -1.53. The molecule has 102 valence electrons. The van der Waals surface area contributed by atoms with Crippen molar-refractivity contribution in [3.8, 4) is 11.8 Å². The molecule has 1 aromatic rings. The highest BCUT2D eigenvalue weighted by molar-refractivity contribution is 5.42. The average Bonchev–Trinajstić information content (AvgIpc) is 2.48. The summed E-state index contributed by atoms with van der Waals surface area (Å²) in [6.45, 7) is 6.26. The Kier molecular flexibility index (Phi) is 5.23. The Labute approximate surface area is 115 Å². The van der Waals surface area contributed by atoms with Crippen molar-refractivity contribution in [3.63, 3.8) is 0 Å². The predicted molar refractivity (Wildman–Crippen MR) is 76.1 cm³/mol. The van der Waals surface area contributed by atoms with Gasteiger partial charge < -0.3 is 4.74 Å². The second kappa shape index (κ2) is 7.16. The van der Waals surface area contributed by atoms with Gasteiger partial charge in [-0.15, -0.1) is 0 Å². The fraction of sp³-hybridized carbons (Fsp3) is 0.562. The number of hydrogen-bond acceptors (Lipinski definition) is 3. The zero-order chi connectivity index (χ0) is 13.5. The number of ether oxygens (including phenoxy) is 1. The first-order chi connectivity index (χ1) is 9.33. The lowest BCUT2D eigenvalue weighted by Crippen LogP contribution is -2.36. The highest BCUT2D eigenvalue weighted by Gasteiger charge is 2.17. The molecule has 0 atom stereocenters. The van der Waals surface area contributed by atoms with Gasteiger partial charge in [0.25, 0.3) is 0 Å². The van der Waals surface area contributed by atoms with Crippen LogP contribution in [0.15, 0.2) is 24.3 Å². The highest BCUT2D eigenvalue weighted by Crippen LogP contribution is 2.20. The normalized spacial score (nSPS) is 17.1. The third-order valence-electron chi connectivity index (χ3n) is 3.96. The van der Waals surface area contributed by atoms with Crippen molar-refractivity contribution in [3.05, 3.63) is 29.8 Å². The highest BCUT2D eigenvalue weighted by atomic mass is 16.5. The van der Waals surface area contributed by atoms with Gasteiger partial charge in [0.1, 0.15) is 18.4 Å². The third-order valence-corrected chi connectivity index (χ3v) is 3.96. The van der Waals surface area contributed by atoms with Crippen LogP contribution in [0.25, 0.3) is 0 Å². The lowest BCUT2D eigenvalue weighted by molar-refractivity contribution is 0.153. The van der Waals surface area contributed by atoms with Crippen molar-refractivity contribution in [2.75, 3.05) is 26.2 Å². The van der Waals surface area contributed by atoms with E-state index in [1.54, 1.807) is 6.07 Å². The van der Waals surface area contributed by atoms with E-state index in [-0.39, 0.29) is 0 Å². The van der Waals surface area contributed by atoms with E-state index in [1.807, 2.05) is 18.2 Å². The summed E-state index contributed by atoms with van der Waals surface area (Å²) in [6.07, 6.45) is 3.93. The maximum Gasteiger partial charge on any atom is 0.137 e. The maximum absolute atomic E-state index is 8.98. The molecular formula is C16H22N2O. The van der Waals surface area contributed by atoms with Crippen LogP contribution in [-0.2, 0) is 0 Å². The van der Waals surface area contributed by atoms with Gasteiger partial charge in [0.15, 0.2) is 0 Å². The fourth-order valence-corrected chi connectivity index (χ4v) is 2.59. The molecule has 1 heterocycles. The molecule has 1 aliphatic rings. The second-order valence-electron chi connectivity index (χ2n) is 5.15. The zero-order valence-electron chi connectivity index (χ0n) is 11.6. The van der Waals surface area contributed by atoms with Crippen molar-refractivity contribution in [2.24, 2.45) is 5.92 Å². The Balaban J connectivity index is 1.74. The topological polar surface area (TPSA) is 36.3 Å². The number of hydrogen-bond donors (Lipinski definition) is 0. The lowest BCUT2D eigenvalue weighted by atomic mass is 9.94. The first-order valence-corrected chi connectivity index (χ1v) is 7.17. The fourth-order valence-electron chi connectivity index (χ4n) is 2.59. The van der Waals surface area contributed by atoms with E-state index in [0.717, 1.165) is 12.5 Å². The Bertz CT molecular complexity index is 431. The molecule has 1 aromatic carbocycles. The molecule has 1 saturated heterocycles. The molecule has 0 radical (unpaired) electrons. The Morgan fingerprint density at radius 1 is 1.32 bits per heavy atom. The van der Waals surface area contributed by atoms with Gasteiger partial charge >= 0.3 is 0 Å². The van der Waals surface area contributed by atoms with Crippen LogP contribution >= 0.6 is 0 Å². The molecule has 0 amide bonds. The number of rotatable bonds is 5. The molecule has 0 aromatic heterocycles. The SMILES string of the molecule is CCC1CCN(CCOc2ccccc2C#N)CC1. The maximum atomic E-state index is 8.98. The molecule has 2 rings (SSSR count). The summed E-state index contributed by atoms with van der Waals surface area (Å²) < 4.78 is 5.72. The summed E-state index contributed by atoms with van der Waals surface area (Å²) in [5.41, 5.74) is 0.618. The quantitative estimate of drug-likeness (QED) is 0.814. The summed E-state index contributed by atoms with van der Waals surface area (Å²) in [5.74, 6) is 1.62. The summed E-state index contributed by atoms with van der Waals surface area (Å²) in [6, 6.07) is 9.58. The van der Waals surface area contributed by atoms with E-state index in [1.165, 1.54) is 32.4 Å². The number of benzene rings is 1. The van der Waals surface area contributed by atoms with Crippen LogP contribution in [0, 0.1) is 17.2 Å². The molecule has 0 aliphatic carbocycles. The average molecular weight is 258 g/mol. The summed E-state index contributed by atoms with van der Waals surface area (Å²) in [4.78, 5) is 2.46. The number of para-hydroxylation sites is 1. The first-order valence-electron chi connectivity index (χ1n) is 7.17. The minimum Gasteiger partial charge on any atom is -0.491 e. The largest absolute Gasteiger partial charge is 0.491 e. The molecule has 3 heteroatoms. The first kappa shape index (κ1) is 13.9. The summed E-state index contributed by atoms with van der Waals surface area (Å²) in [7, 11) is 0. The van der Waals surface area contributed by atoms with Crippen molar-refractivity contribution in [2.45, 2.75) is 26.2 Å². The minimum atomic E-state index is 0.618. The minimum absolute atomic E-state index is 0.618. The molecule has 0 N–H and O–H groups in total. The van der Waals surface area contributed by atoms with Gasteiger partial charge in [-0.2, -0.15) is 5.26 Å². The van der Waals surface area contributed by atoms with Crippen LogP contribution in [-0.4, -0.2) is 31.1 Å². The van der Waals surface area contributed by atoms with Gasteiger partial charge in [0.05, 0.1) is 5.56 Å². The molecule has 0 bridgehead atoms. The zero-order valence-corrected chi connectivity index (χ0v) is 11.6. The predicted octanol–water partition coefficient (Wildman–Crippen LogP) is 3.06. The van der Waals surface area contributed by atoms with Gasteiger partial charge in [-0.3, -0.25) is 4.90 Å². The number of piperidine rings is 1. The smallest absolute Gasteiger partial charge is 0.137 e. The summed E-state index contributed by atoms with van der Waals surface area (Å²) >= 11 is 0. The van der Waals surface area contributed by atoms with E-state index < -0.39 is 0 Å². The van der Waals surface area contributed by atoms with E-state index in [9.17, 15) is 0 Å². The molecular weight excluding hydrogens is 236 g/mol. The monoisotopic (exact) mass is 258 g/mol. The second-order valence-corrected chi connectivity index (χ2v) is 5.15. The van der Waals surface area contributed by atoms with Crippen LogP contribution in [0.4, 0.5) is 0 Å². The molecule has 0 spiro atoms. The van der Waals surface area contributed by atoms with Gasteiger partial charge in [-0.05, 0) is 44.0 Å². The molecule has 0 saturated carbocycles. The van der Waals surface area contributed by atoms with E-state index >= 15 is 0 Å².